The molecule has 0 aliphatic heterocycles. The van der Waals surface area contributed by atoms with Gasteiger partial charge in [0, 0.05) is 6.54 Å². The topological polar surface area (TPSA) is 43.6 Å². The lowest BCUT2D eigenvalue weighted by atomic mass is 10.1. The van der Waals surface area contributed by atoms with Gasteiger partial charge >= 0.3 is 0 Å². The van der Waals surface area contributed by atoms with Gasteiger partial charge in [-0.15, -0.1) is 0 Å². The zero-order chi connectivity index (χ0) is 10.3. The molecule has 0 spiro atoms. The summed E-state index contributed by atoms with van der Waals surface area (Å²) < 4.78 is 2.13. The minimum Gasteiger partial charge on any atom is -0.315 e. The van der Waals surface area contributed by atoms with Gasteiger partial charge in [-0.3, -0.25) is 0 Å². The number of nitrogens with zero attached hydrogens (tertiary/aromatic N) is 4. The second-order valence-electron chi connectivity index (χ2n) is 4.73. The standard InChI is InChI=1S/C11H14N4/c1-11(2-3-11)4-5-15-8-14-9-6-12-7-13-10(9)15/h6-8H,2-5H2,1H3. The van der Waals surface area contributed by atoms with Crippen molar-refractivity contribution >= 4 is 11.2 Å². The molecule has 2 aromatic rings. The largest absolute Gasteiger partial charge is 0.315 e. The van der Waals surface area contributed by atoms with Crippen molar-refractivity contribution in [3.05, 3.63) is 18.9 Å². The van der Waals surface area contributed by atoms with Crippen LogP contribution in [0.4, 0.5) is 0 Å². The van der Waals surface area contributed by atoms with Crippen LogP contribution in [-0.2, 0) is 6.54 Å². The summed E-state index contributed by atoms with van der Waals surface area (Å²) in [6, 6.07) is 0. The summed E-state index contributed by atoms with van der Waals surface area (Å²) in [5.41, 5.74) is 2.43. The monoisotopic (exact) mass is 202 g/mol. The van der Waals surface area contributed by atoms with E-state index in [1.807, 2.05) is 6.33 Å². The lowest BCUT2D eigenvalue weighted by molar-refractivity contribution is 0.468. The Labute approximate surface area is 88.4 Å². The van der Waals surface area contributed by atoms with Gasteiger partial charge in [0.2, 0.25) is 0 Å². The molecule has 0 atom stereocenters. The van der Waals surface area contributed by atoms with Crippen LogP contribution < -0.4 is 0 Å². The average Bonchev–Trinajstić information content (AvgIpc) is 2.86. The molecular formula is C11H14N4. The van der Waals surface area contributed by atoms with Gasteiger partial charge in [-0.25, -0.2) is 15.0 Å². The number of rotatable bonds is 3. The van der Waals surface area contributed by atoms with Crippen molar-refractivity contribution in [3.63, 3.8) is 0 Å². The van der Waals surface area contributed by atoms with E-state index in [1.165, 1.54) is 19.3 Å². The van der Waals surface area contributed by atoms with Crippen LogP contribution in [0.3, 0.4) is 0 Å². The Morgan fingerprint density at radius 1 is 1.40 bits per heavy atom. The van der Waals surface area contributed by atoms with Crippen molar-refractivity contribution in [2.45, 2.75) is 32.7 Å². The lowest BCUT2D eigenvalue weighted by Crippen LogP contribution is -2.03. The van der Waals surface area contributed by atoms with Crippen LogP contribution in [0.15, 0.2) is 18.9 Å². The maximum absolute atomic E-state index is 4.28. The van der Waals surface area contributed by atoms with Crippen LogP contribution in [0, 0.1) is 5.41 Å². The van der Waals surface area contributed by atoms with Crippen LogP contribution >= 0.6 is 0 Å². The fraction of sp³-hybridized carbons (Fsp3) is 0.545. The van der Waals surface area contributed by atoms with E-state index in [1.54, 1.807) is 12.5 Å². The number of aromatic nitrogens is 4. The van der Waals surface area contributed by atoms with Gasteiger partial charge in [-0.05, 0) is 24.7 Å². The maximum atomic E-state index is 4.28. The fourth-order valence-electron chi connectivity index (χ4n) is 1.83. The molecule has 4 nitrogen and oxygen atoms in total. The maximum Gasteiger partial charge on any atom is 0.163 e. The Balaban J connectivity index is 1.84. The highest BCUT2D eigenvalue weighted by atomic mass is 15.1. The van der Waals surface area contributed by atoms with Crippen molar-refractivity contribution in [1.29, 1.82) is 0 Å². The molecule has 1 fully saturated rings. The van der Waals surface area contributed by atoms with E-state index >= 15 is 0 Å². The highest BCUT2D eigenvalue weighted by Crippen LogP contribution is 2.48. The van der Waals surface area contributed by atoms with Crippen LogP contribution in [-0.4, -0.2) is 19.5 Å². The Bertz CT molecular complexity index is 484. The molecule has 0 unspecified atom stereocenters. The predicted octanol–water partition coefficient (Wildman–Crippen LogP) is 2.02. The molecule has 15 heavy (non-hydrogen) atoms. The third-order valence-corrected chi connectivity index (χ3v) is 3.34. The molecule has 0 amide bonds. The second kappa shape index (κ2) is 3.02. The Morgan fingerprint density at radius 3 is 3.07 bits per heavy atom. The van der Waals surface area contributed by atoms with Crippen molar-refractivity contribution in [3.8, 4) is 0 Å². The van der Waals surface area contributed by atoms with E-state index in [4.69, 9.17) is 0 Å². The van der Waals surface area contributed by atoms with Gasteiger partial charge in [0.1, 0.15) is 11.8 Å². The molecule has 0 radical (unpaired) electrons. The molecule has 2 aromatic heterocycles. The Morgan fingerprint density at radius 2 is 2.27 bits per heavy atom. The molecule has 0 saturated heterocycles. The minimum absolute atomic E-state index is 0.587. The summed E-state index contributed by atoms with van der Waals surface area (Å²) in [7, 11) is 0. The van der Waals surface area contributed by atoms with Gasteiger partial charge in [0.15, 0.2) is 5.65 Å². The van der Waals surface area contributed by atoms with Crippen LogP contribution in [0.1, 0.15) is 26.2 Å². The quantitative estimate of drug-likeness (QED) is 0.764. The predicted molar refractivity (Wildman–Crippen MR) is 57.3 cm³/mol. The van der Waals surface area contributed by atoms with E-state index in [0.29, 0.717) is 5.41 Å². The van der Waals surface area contributed by atoms with Gasteiger partial charge in [0.25, 0.3) is 0 Å². The summed E-state index contributed by atoms with van der Waals surface area (Å²) in [6.07, 6.45) is 9.17. The summed E-state index contributed by atoms with van der Waals surface area (Å²) in [6.45, 7) is 3.37. The van der Waals surface area contributed by atoms with E-state index in [2.05, 4.69) is 26.4 Å². The molecule has 4 heteroatoms. The van der Waals surface area contributed by atoms with Crippen LogP contribution in [0.5, 0.6) is 0 Å². The molecule has 3 rings (SSSR count). The van der Waals surface area contributed by atoms with E-state index in [-0.39, 0.29) is 0 Å². The summed E-state index contributed by atoms with van der Waals surface area (Å²) in [5, 5.41) is 0. The molecule has 0 bridgehead atoms. The molecule has 2 heterocycles. The van der Waals surface area contributed by atoms with Crippen molar-refractivity contribution < 1.29 is 0 Å². The zero-order valence-electron chi connectivity index (χ0n) is 8.85. The minimum atomic E-state index is 0.587. The molecular weight excluding hydrogens is 188 g/mol. The number of hydrogen-bond acceptors (Lipinski definition) is 3. The fourth-order valence-corrected chi connectivity index (χ4v) is 1.83. The summed E-state index contributed by atoms with van der Waals surface area (Å²) >= 11 is 0. The van der Waals surface area contributed by atoms with Gasteiger partial charge < -0.3 is 4.57 Å². The molecule has 1 aliphatic rings. The van der Waals surface area contributed by atoms with Gasteiger partial charge in [-0.1, -0.05) is 6.92 Å². The smallest absolute Gasteiger partial charge is 0.163 e. The van der Waals surface area contributed by atoms with Crippen LogP contribution in [0.25, 0.3) is 11.2 Å². The third-order valence-electron chi connectivity index (χ3n) is 3.34. The SMILES string of the molecule is CC1(CCn2cnc3cncnc32)CC1. The lowest BCUT2D eigenvalue weighted by Gasteiger charge is -2.08. The number of fused-ring (bicyclic) bond motifs is 1. The zero-order valence-corrected chi connectivity index (χ0v) is 8.85. The van der Waals surface area contributed by atoms with E-state index < -0.39 is 0 Å². The number of hydrogen-bond donors (Lipinski definition) is 0. The van der Waals surface area contributed by atoms with Gasteiger partial charge in [0.05, 0.1) is 12.5 Å². The van der Waals surface area contributed by atoms with Crippen molar-refractivity contribution in [1.82, 2.24) is 19.5 Å². The molecule has 0 aromatic carbocycles. The van der Waals surface area contributed by atoms with Crippen molar-refractivity contribution in [2.24, 2.45) is 5.41 Å². The van der Waals surface area contributed by atoms with Crippen molar-refractivity contribution in [2.75, 3.05) is 0 Å². The van der Waals surface area contributed by atoms with E-state index in [9.17, 15) is 0 Å². The molecule has 1 saturated carbocycles. The summed E-state index contributed by atoms with van der Waals surface area (Å²) in [5.74, 6) is 0. The normalized spacial score (nSPS) is 18.2. The number of aryl methyl sites for hydroxylation is 1. The Kier molecular flexibility index (Phi) is 1.78. The average molecular weight is 202 g/mol. The highest BCUT2D eigenvalue weighted by Gasteiger charge is 2.36. The van der Waals surface area contributed by atoms with Crippen LogP contribution in [0.2, 0.25) is 0 Å². The summed E-state index contributed by atoms with van der Waals surface area (Å²) in [4.78, 5) is 12.5. The first-order valence-corrected chi connectivity index (χ1v) is 5.38. The molecule has 78 valence electrons. The third kappa shape index (κ3) is 1.60. The van der Waals surface area contributed by atoms with Gasteiger partial charge in [-0.2, -0.15) is 0 Å². The first-order valence-electron chi connectivity index (χ1n) is 5.38. The first kappa shape index (κ1) is 8.83. The molecule has 1 aliphatic carbocycles. The number of imidazole rings is 1. The first-order chi connectivity index (χ1) is 7.27. The highest BCUT2D eigenvalue weighted by molar-refractivity contribution is 5.68. The second-order valence-corrected chi connectivity index (χ2v) is 4.73. The van der Waals surface area contributed by atoms with E-state index in [0.717, 1.165) is 17.7 Å². The molecule has 0 N–H and O–H groups in total. The Hall–Kier alpha value is -1.45.